The summed E-state index contributed by atoms with van der Waals surface area (Å²) in [6, 6.07) is 1.69. The number of phenols is 1. The molecular formula is C29H34N2O8. The highest BCUT2D eigenvalue weighted by Gasteiger charge is 2.64. The summed E-state index contributed by atoms with van der Waals surface area (Å²) < 4.78 is 0. The van der Waals surface area contributed by atoms with E-state index in [4.69, 9.17) is 5.73 Å². The molecular weight excluding hydrogens is 504 g/mol. The Balaban J connectivity index is 1.63. The largest absolute Gasteiger partial charge is 0.508 e. The first-order valence-electron chi connectivity index (χ1n) is 13.4. The molecule has 0 heterocycles. The lowest BCUT2D eigenvalue weighted by Crippen LogP contribution is -2.65. The number of ketones is 3. The number of benzene rings is 1. The summed E-state index contributed by atoms with van der Waals surface area (Å²) in [7, 11) is 3.10. The number of aliphatic hydroxyl groups excluding tert-OH is 2. The average Bonchev–Trinajstić information content (AvgIpc) is 2.86. The Morgan fingerprint density at radius 3 is 2.36 bits per heavy atom. The number of phenolic OH excluding ortho intramolecular Hbond substituents is 1. The minimum Gasteiger partial charge on any atom is -0.508 e. The topological polar surface area (TPSA) is 178 Å². The predicted molar refractivity (Wildman–Crippen MR) is 140 cm³/mol. The molecule has 4 atom stereocenters. The summed E-state index contributed by atoms with van der Waals surface area (Å²) in [6.07, 6.45) is 5.71. The van der Waals surface area contributed by atoms with Gasteiger partial charge in [-0.1, -0.05) is 32.1 Å². The van der Waals surface area contributed by atoms with Crippen molar-refractivity contribution < 1.29 is 39.6 Å². The van der Waals surface area contributed by atoms with Crippen molar-refractivity contribution in [2.45, 2.75) is 63.0 Å². The number of nitrogens with zero attached hydrogens (tertiary/aromatic N) is 1. The molecule has 2 fully saturated rings. The van der Waals surface area contributed by atoms with Gasteiger partial charge in [0.25, 0.3) is 5.91 Å². The maximum Gasteiger partial charge on any atom is 0.255 e. The van der Waals surface area contributed by atoms with E-state index in [9.17, 15) is 39.6 Å². The van der Waals surface area contributed by atoms with Gasteiger partial charge in [-0.05, 0) is 56.5 Å². The van der Waals surface area contributed by atoms with E-state index in [1.165, 1.54) is 11.0 Å². The van der Waals surface area contributed by atoms with Gasteiger partial charge in [-0.2, -0.15) is 0 Å². The third-order valence-electron chi connectivity index (χ3n) is 9.10. The van der Waals surface area contributed by atoms with Crippen molar-refractivity contribution in [3.8, 4) is 5.75 Å². The second-order valence-electron chi connectivity index (χ2n) is 11.6. The van der Waals surface area contributed by atoms with E-state index >= 15 is 0 Å². The summed E-state index contributed by atoms with van der Waals surface area (Å²) in [5, 5.41) is 44.6. The Bertz CT molecular complexity index is 1350. The summed E-state index contributed by atoms with van der Waals surface area (Å²) >= 11 is 0. The molecule has 2 saturated carbocycles. The number of aliphatic hydroxyl groups is 3. The standard InChI is InChI=1S/C29H34N2O8/c1-31(2)23-17-12-14-11-16-15(19(33)10-13-6-4-3-5-7-13)8-9-18(32)21(16)24(34)20(14)26(36)29(17,39)27(37)22(25(23)35)28(30)38/h8-9,13-14,17,23,32,34,37,39H,3-7,10-12H2,1-2H3,(H2,30,38)/t14-,17-,23-,29-/m1/s1. The van der Waals surface area contributed by atoms with Gasteiger partial charge in [0.2, 0.25) is 5.78 Å². The smallest absolute Gasteiger partial charge is 0.255 e. The maximum absolute atomic E-state index is 13.9. The number of nitrogens with two attached hydrogens (primary N) is 1. The van der Waals surface area contributed by atoms with Crippen LogP contribution in [0.1, 0.15) is 66.4 Å². The maximum atomic E-state index is 13.9. The second kappa shape index (κ2) is 9.60. The predicted octanol–water partition coefficient (Wildman–Crippen LogP) is 2.12. The lowest BCUT2D eigenvalue weighted by Gasteiger charge is -2.50. The lowest BCUT2D eigenvalue weighted by molar-refractivity contribution is -0.153. The third kappa shape index (κ3) is 4.00. The minimum atomic E-state index is -2.69. The van der Waals surface area contributed by atoms with Crippen LogP contribution >= 0.6 is 0 Å². The number of amides is 1. The Hall–Kier alpha value is -3.50. The Morgan fingerprint density at radius 2 is 1.74 bits per heavy atom. The monoisotopic (exact) mass is 538 g/mol. The third-order valence-corrected chi connectivity index (χ3v) is 9.10. The van der Waals surface area contributed by atoms with Crippen molar-refractivity contribution in [1.82, 2.24) is 4.90 Å². The van der Waals surface area contributed by atoms with E-state index in [1.807, 2.05) is 0 Å². The van der Waals surface area contributed by atoms with Crippen molar-refractivity contribution in [3.05, 3.63) is 45.7 Å². The zero-order chi connectivity index (χ0) is 28.4. The molecule has 1 amide bonds. The fourth-order valence-corrected chi connectivity index (χ4v) is 7.27. The molecule has 0 aliphatic heterocycles. The normalized spacial score (nSPS) is 29.3. The van der Waals surface area contributed by atoms with E-state index in [1.54, 1.807) is 20.2 Å². The molecule has 0 unspecified atom stereocenters. The molecule has 0 aromatic heterocycles. The minimum absolute atomic E-state index is 0.0162. The first-order chi connectivity index (χ1) is 18.4. The molecule has 0 bridgehead atoms. The van der Waals surface area contributed by atoms with Crippen LogP contribution in [0, 0.1) is 17.8 Å². The van der Waals surface area contributed by atoms with Gasteiger partial charge < -0.3 is 26.2 Å². The van der Waals surface area contributed by atoms with Crippen molar-refractivity contribution in [1.29, 1.82) is 0 Å². The van der Waals surface area contributed by atoms with Gasteiger partial charge in [0.15, 0.2) is 17.2 Å². The molecule has 6 N–H and O–H groups in total. The van der Waals surface area contributed by atoms with Crippen LogP contribution in [0.15, 0.2) is 29.0 Å². The average molecular weight is 539 g/mol. The van der Waals surface area contributed by atoms with Crippen LogP contribution in [-0.2, 0) is 20.8 Å². The summed E-state index contributed by atoms with van der Waals surface area (Å²) in [4.78, 5) is 54.0. The number of likely N-dealkylation sites (N-methyl/N-ethyl adjacent to an activating group) is 1. The summed E-state index contributed by atoms with van der Waals surface area (Å²) in [5.74, 6) is -6.89. The molecule has 1 aromatic rings. The number of primary amides is 1. The summed E-state index contributed by atoms with van der Waals surface area (Å²) in [5.41, 5.74) is 2.31. The zero-order valence-electron chi connectivity index (χ0n) is 22.1. The number of carbonyl (C=O) groups excluding carboxylic acids is 4. The Morgan fingerprint density at radius 1 is 1.08 bits per heavy atom. The van der Waals surface area contributed by atoms with E-state index < -0.39 is 58.0 Å². The fourth-order valence-electron chi connectivity index (χ4n) is 7.27. The van der Waals surface area contributed by atoms with Crippen molar-refractivity contribution in [2.24, 2.45) is 23.5 Å². The van der Waals surface area contributed by atoms with E-state index in [0.29, 0.717) is 17.5 Å². The van der Waals surface area contributed by atoms with Gasteiger partial charge in [-0.25, -0.2) is 0 Å². The molecule has 0 radical (unpaired) electrons. The number of hydrogen-bond donors (Lipinski definition) is 5. The van der Waals surface area contributed by atoms with Crippen LogP contribution in [0.2, 0.25) is 0 Å². The number of aromatic hydroxyl groups is 1. The van der Waals surface area contributed by atoms with Crippen LogP contribution in [-0.4, -0.2) is 74.3 Å². The van der Waals surface area contributed by atoms with Gasteiger partial charge in [-0.3, -0.25) is 24.1 Å². The van der Waals surface area contributed by atoms with Gasteiger partial charge in [0, 0.05) is 23.5 Å². The van der Waals surface area contributed by atoms with Gasteiger partial charge in [0.05, 0.1) is 11.6 Å². The van der Waals surface area contributed by atoms with Crippen LogP contribution in [0.3, 0.4) is 0 Å². The van der Waals surface area contributed by atoms with Crippen LogP contribution in [0.4, 0.5) is 0 Å². The highest BCUT2D eigenvalue weighted by Crippen LogP contribution is 2.53. The Kier molecular flexibility index (Phi) is 6.67. The second-order valence-corrected chi connectivity index (χ2v) is 11.6. The molecule has 10 nitrogen and oxygen atoms in total. The molecule has 4 aliphatic carbocycles. The van der Waals surface area contributed by atoms with Gasteiger partial charge in [0.1, 0.15) is 22.8 Å². The number of rotatable bonds is 5. The highest BCUT2D eigenvalue weighted by molar-refractivity contribution is 6.24. The SMILES string of the molecule is CN(C)[C@H]1C(=O)C(C(N)=O)=C(O)[C@]2(O)C(=O)C3=C(O)c4c(O)ccc(C(=O)CC5CCCCC5)c4C[C@@H]3C[C@H]12. The van der Waals surface area contributed by atoms with Crippen LogP contribution < -0.4 is 5.73 Å². The quantitative estimate of drug-likeness (QED) is 0.277. The molecule has 208 valence electrons. The van der Waals surface area contributed by atoms with E-state index in [0.717, 1.165) is 32.1 Å². The van der Waals surface area contributed by atoms with Crippen molar-refractivity contribution in [3.63, 3.8) is 0 Å². The Labute approximate surface area is 225 Å². The van der Waals surface area contributed by atoms with Gasteiger partial charge in [-0.15, -0.1) is 0 Å². The molecule has 0 saturated heterocycles. The van der Waals surface area contributed by atoms with Crippen molar-refractivity contribution >= 4 is 29.0 Å². The zero-order valence-corrected chi connectivity index (χ0v) is 22.1. The highest BCUT2D eigenvalue weighted by atomic mass is 16.3. The lowest BCUT2D eigenvalue weighted by atomic mass is 9.57. The number of Topliss-reactive ketones (excluding diaryl/α,β-unsaturated/α-hetero) is 3. The summed E-state index contributed by atoms with van der Waals surface area (Å²) in [6.45, 7) is 0. The molecule has 0 spiro atoms. The molecule has 1 aromatic carbocycles. The molecule has 4 aliphatic rings. The molecule has 39 heavy (non-hydrogen) atoms. The van der Waals surface area contributed by atoms with Gasteiger partial charge >= 0.3 is 0 Å². The van der Waals surface area contributed by atoms with Crippen LogP contribution in [0.5, 0.6) is 5.75 Å². The number of carbonyl (C=O) groups is 4. The first-order valence-corrected chi connectivity index (χ1v) is 13.4. The number of fused-ring (bicyclic) bond motifs is 3. The molecule has 10 heteroatoms. The first kappa shape index (κ1) is 27.1. The van der Waals surface area contributed by atoms with E-state index in [-0.39, 0.29) is 41.4 Å². The van der Waals surface area contributed by atoms with Crippen LogP contribution in [0.25, 0.3) is 5.76 Å². The molecule has 5 rings (SSSR count). The van der Waals surface area contributed by atoms with E-state index in [2.05, 4.69) is 0 Å². The fraction of sp³-hybridized carbons (Fsp3) is 0.517. The van der Waals surface area contributed by atoms with Crippen molar-refractivity contribution in [2.75, 3.05) is 14.1 Å². The number of hydrogen-bond acceptors (Lipinski definition) is 9.